The van der Waals surface area contributed by atoms with Crippen LogP contribution in [0.4, 0.5) is 17.1 Å². The van der Waals surface area contributed by atoms with Gasteiger partial charge in [0.1, 0.15) is 6.17 Å². The molecule has 2 aromatic rings. The third kappa shape index (κ3) is 3.27. The van der Waals surface area contributed by atoms with Crippen LogP contribution in [0.3, 0.4) is 0 Å². The summed E-state index contributed by atoms with van der Waals surface area (Å²) in [4.78, 5) is 6.69. The number of rotatable bonds is 4. The highest BCUT2D eigenvalue weighted by atomic mass is 15.3. The molecule has 1 saturated heterocycles. The van der Waals surface area contributed by atoms with E-state index in [1.54, 1.807) is 0 Å². The monoisotopic (exact) mass is 310 g/mol. The first-order valence-corrected chi connectivity index (χ1v) is 8.11. The molecule has 2 aromatic carbocycles. The molecule has 122 valence electrons. The Bertz CT molecular complexity index is 574. The molecule has 0 aliphatic carbocycles. The molecule has 1 heterocycles. The Hall–Kier alpha value is -2.20. The van der Waals surface area contributed by atoms with Crippen LogP contribution < -0.4 is 20.0 Å². The maximum absolute atomic E-state index is 3.61. The summed E-state index contributed by atoms with van der Waals surface area (Å²) < 4.78 is 0. The zero-order valence-corrected chi connectivity index (χ0v) is 14.5. The fraction of sp³-hybridized carbons (Fsp3) is 0.368. The third-order valence-corrected chi connectivity index (χ3v) is 4.43. The molecule has 0 saturated carbocycles. The lowest BCUT2D eigenvalue weighted by Crippen LogP contribution is -2.27. The van der Waals surface area contributed by atoms with Gasteiger partial charge in [0.25, 0.3) is 0 Å². The maximum atomic E-state index is 3.61. The molecule has 0 radical (unpaired) electrons. The molecule has 3 rings (SSSR count). The molecular formula is C19H26N4. The van der Waals surface area contributed by atoms with Crippen molar-refractivity contribution >= 4 is 17.1 Å². The summed E-state index contributed by atoms with van der Waals surface area (Å²) in [5.74, 6) is 0. The van der Waals surface area contributed by atoms with Crippen LogP contribution in [0.25, 0.3) is 0 Å². The predicted molar refractivity (Wildman–Crippen MR) is 99.6 cm³/mol. The van der Waals surface area contributed by atoms with Gasteiger partial charge in [-0.05, 0) is 42.0 Å². The van der Waals surface area contributed by atoms with Crippen molar-refractivity contribution in [2.45, 2.75) is 6.17 Å². The number of anilines is 3. The van der Waals surface area contributed by atoms with E-state index in [1.807, 2.05) is 0 Å². The van der Waals surface area contributed by atoms with Crippen LogP contribution in [0.2, 0.25) is 0 Å². The van der Waals surface area contributed by atoms with Gasteiger partial charge in [-0.1, -0.05) is 12.1 Å². The normalized spacial score (nSPS) is 17.4. The minimum atomic E-state index is 0.247. The molecule has 4 nitrogen and oxygen atoms in total. The summed E-state index contributed by atoms with van der Waals surface area (Å²) in [5.41, 5.74) is 5.04. The van der Waals surface area contributed by atoms with Crippen LogP contribution in [-0.2, 0) is 0 Å². The van der Waals surface area contributed by atoms with Crippen LogP contribution in [0.1, 0.15) is 11.7 Å². The minimum Gasteiger partial charge on any atom is -0.378 e. The summed E-state index contributed by atoms with van der Waals surface area (Å²) >= 11 is 0. The van der Waals surface area contributed by atoms with Crippen molar-refractivity contribution in [3.63, 3.8) is 0 Å². The van der Waals surface area contributed by atoms with Gasteiger partial charge in [-0.25, -0.2) is 0 Å². The van der Waals surface area contributed by atoms with Gasteiger partial charge < -0.3 is 14.7 Å². The van der Waals surface area contributed by atoms with E-state index in [0.29, 0.717) is 0 Å². The minimum absolute atomic E-state index is 0.247. The Morgan fingerprint density at radius 3 is 1.87 bits per heavy atom. The van der Waals surface area contributed by atoms with Crippen molar-refractivity contribution in [3.05, 3.63) is 54.1 Å². The lowest BCUT2D eigenvalue weighted by atomic mass is 10.1. The van der Waals surface area contributed by atoms with Crippen LogP contribution in [0, 0.1) is 0 Å². The second kappa shape index (κ2) is 6.50. The van der Waals surface area contributed by atoms with Crippen LogP contribution >= 0.6 is 0 Å². The van der Waals surface area contributed by atoms with Gasteiger partial charge in [-0.15, -0.1) is 0 Å². The van der Waals surface area contributed by atoms with Crippen LogP contribution in [-0.4, -0.2) is 41.3 Å². The fourth-order valence-electron chi connectivity index (χ4n) is 3.03. The average Bonchev–Trinajstić information content (AvgIpc) is 3.04. The van der Waals surface area contributed by atoms with E-state index >= 15 is 0 Å². The highest BCUT2D eigenvalue weighted by Gasteiger charge is 2.25. The second-order valence-electron chi connectivity index (χ2n) is 6.45. The van der Waals surface area contributed by atoms with Crippen molar-refractivity contribution in [2.24, 2.45) is 0 Å². The van der Waals surface area contributed by atoms with Crippen molar-refractivity contribution in [2.75, 3.05) is 56.0 Å². The number of hydrogen-bond donors (Lipinski definition) is 1. The van der Waals surface area contributed by atoms with Gasteiger partial charge in [0.15, 0.2) is 0 Å². The molecule has 0 spiro atoms. The molecule has 1 fully saturated rings. The molecule has 1 aliphatic rings. The first kappa shape index (κ1) is 15.7. The molecule has 0 amide bonds. The van der Waals surface area contributed by atoms with Gasteiger partial charge in [-0.2, -0.15) is 0 Å². The van der Waals surface area contributed by atoms with E-state index in [9.17, 15) is 0 Å². The van der Waals surface area contributed by atoms with E-state index in [0.717, 1.165) is 13.1 Å². The summed E-state index contributed by atoms with van der Waals surface area (Å²) in [5, 5.41) is 3.61. The number of benzene rings is 2. The second-order valence-corrected chi connectivity index (χ2v) is 6.45. The summed E-state index contributed by atoms with van der Waals surface area (Å²) in [6.45, 7) is 2.04. The van der Waals surface area contributed by atoms with Gasteiger partial charge in [0.2, 0.25) is 0 Å². The summed E-state index contributed by atoms with van der Waals surface area (Å²) in [6.07, 6.45) is 0.247. The van der Waals surface area contributed by atoms with E-state index in [2.05, 4.69) is 96.7 Å². The van der Waals surface area contributed by atoms with Gasteiger partial charge in [0, 0.05) is 58.3 Å². The van der Waals surface area contributed by atoms with E-state index in [4.69, 9.17) is 0 Å². The average molecular weight is 310 g/mol. The lowest BCUT2D eigenvalue weighted by Gasteiger charge is -2.27. The first-order chi connectivity index (χ1) is 11.1. The molecule has 23 heavy (non-hydrogen) atoms. The van der Waals surface area contributed by atoms with E-state index < -0.39 is 0 Å². The Balaban J connectivity index is 1.82. The quantitative estimate of drug-likeness (QED) is 0.937. The third-order valence-electron chi connectivity index (χ3n) is 4.43. The molecule has 1 N–H and O–H groups in total. The smallest absolute Gasteiger partial charge is 0.106 e. The Morgan fingerprint density at radius 1 is 0.826 bits per heavy atom. The SMILES string of the molecule is CN(C)c1ccc(C2NCCN2c2ccc(N(C)C)cc2)cc1. The van der Waals surface area contributed by atoms with Gasteiger partial charge in [-0.3, -0.25) is 5.32 Å². The topological polar surface area (TPSA) is 21.8 Å². The van der Waals surface area contributed by atoms with Crippen molar-refractivity contribution in [1.82, 2.24) is 5.32 Å². The summed E-state index contributed by atoms with van der Waals surface area (Å²) in [6, 6.07) is 17.6. The molecular weight excluding hydrogens is 284 g/mol. The number of nitrogens with zero attached hydrogens (tertiary/aromatic N) is 3. The molecule has 0 bridgehead atoms. The van der Waals surface area contributed by atoms with Crippen molar-refractivity contribution in [3.8, 4) is 0 Å². The molecule has 0 aromatic heterocycles. The highest BCUT2D eigenvalue weighted by Crippen LogP contribution is 2.30. The van der Waals surface area contributed by atoms with Crippen LogP contribution in [0.15, 0.2) is 48.5 Å². The highest BCUT2D eigenvalue weighted by molar-refractivity contribution is 5.58. The van der Waals surface area contributed by atoms with Gasteiger partial charge in [0.05, 0.1) is 0 Å². The van der Waals surface area contributed by atoms with Crippen LogP contribution in [0.5, 0.6) is 0 Å². The molecule has 1 atom stereocenters. The zero-order chi connectivity index (χ0) is 16.4. The molecule has 1 aliphatic heterocycles. The lowest BCUT2D eigenvalue weighted by molar-refractivity contribution is 0.644. The zero-order valence-electron chi connectivity index (χ0n) is 14.5. The Kier molecular flexibility index (Phi) is 4.44. The maximum Gasteiger partial charge on any atom is 0.106 e. The molecule has 1 unspecified atom stereocenters. The molecule has 4 heteroatoms. The summed E-state index contributed by atoms with van der Waals surface area (Å²) in [7, 11) is 8.28. The van der Waals surface area contributed by atoms with Gasteiger partial charge >= 0.3 is 0 Å². The number of hydrogen-bond acceptors (Lipinski definition) is 4. The van der Waals surface area contributed by atoms with E-state index in [1.165, 1.54) is 22.6 Å². The fourth-order valence-corrected chi connectivity index (χ4v) is 3.03. The Labute approximate surface area is 139 Å². The van der Waals surface area contributed by atoms with Crippen molar-refractivity contribution < 1.29 is 0 Å². The predicted octanol–water partition coefficient (Wildman–Crippen LogP) is 2.93. The van der Waals surface area contributed by atoms with Crippen molar-refractivity contribution in [1.29, 1.82) is 0 Å². The first-order valence-electron chi connectivity index (χ1n) is 8.11. The standard InChI is InChI=1S/C19H26N4/c1-21(2)16-7-5-15(6-8-16)19-20-13-14-23(19)18-11-9-17(10-12-18)22(3)4/h5-12,19-20H,13-14H2,1-4H3. The number of nitrogens with one attached hydrogen (secondary N) is 1. The van der Waals surface area contributed by atoms with E-state index in [-0.39, 0.29) is 6.17 Å². The largest absolute Gasteiger partial charge is 0.378 e. The Morgan fingerprint density at radius 2 is 1.35 bits per heavy atom.